The number of methoxy groups -OCH3 is 1. The lowest BCUT2D eigenvalue weighted by Gasteiger charge is -2.22. The van der Waals surface area contributed by atoms with Gasteiger partial charge in [-0.2, -0.15) is 0 Å². The summed E-state index contributed by atoms with van der Waals surface area (Å²) in [4.78, 5) is 24.4. The van der Waals surface area contributed by atoms with Gasteiger partial charge in [-0.1, -0.05) is 19.1 Å². The first-order valence-electron chi connectivity index (χ1n) is 7.11. The standard InChI is InChI=1S/C16H23NO4/c1-4-17(9-8-16(19)20)15(18)10-12(2)13-6-5-7-14(11-13)21-3/h5-7,11-12H,4,8-10H2,1-3H3,(H,19,20). The van der Waals surface area contributed by atoms with Gasteiger partial charge in [-0.25, -0.2) is 0 Å². The van der Waals surface area contributed by atoms with Crippen molar-refractivity contribution >= 4 is 11.9 Å². The molecule has 1 amide bonds. The van der Waals surface area contributed by atoms with Gasteiger partial charge in [-0.3, -0.25) is 9.59 Å². The summed E-state index contributed by atoms with van der Waals surface area (Å²) in [6.07, 6.45) is 0.341. The lowest BCUT2D eigenvalue weighted by atomic mass is 9.97. The zero-order valence-corrected chi connectivity index (χ0v) is 12.8. The number of carbonyl (C=O) groups excluding carboxylic acids is 1. The third-order valence-electron chi connectivity index (χ3n) is 3.47. The molecule has 0 saturated heterocycles. The molecular weight excluding hydrogens is 270 g/mol. The molecular formula is C16H23NO4. The number of benzene rings is 1. The van der Waals surface area contributed by atoms with E-state index >= 15 is 0 Å². The number of rotatable bonds is 8. The van der Waals surface area contributed by atoms with E-state index in [1.54, 1.807) is 12.0 Å². The van der Waals surface area contributed by atoms with Crippen LogP contribution in [0.5, 0.6) is 5.75 Å². The van der Waals surface area contributed by atoms with Crippen molar-refractivity contribution in [2.45, 2.75) is 32.6 Å². The number of carboxylic acids is 1. The number of ether oxygens (including phenoxy) is 1. The second-order valence-corrected chi connectivity index (χ2v) is 5.00. The number of hydrogen-bond acceptors (Lipinski definition) is 3. The van der Waals surface area contributed by atoms with Gasteiger partial charge in [0, 0.05) is 19.5 Å². The molecule has 1 aromatic carbocycles. The molecule has 1 rings (SSSR count). The minimum absolute atomic E-state index is 0.0194. The second kappa shape index (κ2) is 8.29. The van der Waals surface area contributed by atoms with E-state index in [0.717, 1.165) is 11.3 Å². The molecule has 1 unspecified atom stereocenters. The minimum atomic E-state index is -0.887. The molecule has 0 bridgehead atoms. The smallest absolute Gasteiger partial charge is 0.305 e. The fourth-order valence-corrected chi connectivity index (χ4v) is 2.15. The van der Waals surface area contributed by atoms with E-state index in [-0.39, 0.29) is 24.8 Å². The summed E-state index contributed by atoms with van der Waals surface area (Å²) in [5.41, 5.74) is 1.04. The zero-order valence-electron chi connectivity index (χ0n) is 12.8. The lowest BCUT2D eigenvalue weighted by molar-refractivity contribution is -0.138. The molecule has 0 spiro atoms. The predicted octanol–water partition coefficient (Wildman–Crippen LogP) is 2.51. The van der Waals surface area contributed by atoms with Crippen LogP contribution in [0.1, 0.15) is 38.2 Å². The van der Waals surface area contributed by atoms with Crippen LogP contribution in [0.2, 0.25) is 0 Å². The Morgan fingerprint density at radius 2 is 2.10 bits per heavy atom. The van der Waals surface area contributed by atoms with E-state index in [2.05, 4.69) is 0 Å². The van der Waals surface area contributed by atoms with Crippen molar-refractivity contribution in [3.63, 3.8) is 0 Å². The molecule has 0 heterocycles. The average Bonchev–Trinajstić information content (AvgIpc) is 2.47. The fourth-order valence-electron chi connectivity index (χ4n) is 2.15. The summed E-state index contributed by atoms with van der Waals surface area (Å²) in [6.45, 7) is 4.63. The molecule has 21 heavy (non-hydrogen) atoms. The first kappa shape index (κ1) is 17.0. The van der Waals surface area contributed by atoms with Crippen LogP contribution in [-0.4, -0.2) is 42.1 Å². The fraction of sp³-hybridized carbons (Fsp3) is 0.500. The van der Waals surface area contributed by atoms with Crippen molar-refractivity contribution in [3.05, 3.63) is 29.8 Å². The summed E-state index contributed by atoms with van der Waals surface area (Å²) in [5.74, 6) is -0.0762. The normalized spacial score (nSPS) is 11.8. The first-order chi connectivity index (χ1) is 9.97. The zero-order chi connectivity index (χ0) is 15.8. The van der Waals surface area contributed by atoms with Crippen molar-refractivity contribution in [1.29, 1.82) is 0 Å². The summed E-state index contributed by atoms with van der Waals surface area (Å²) in [6, 6.07) is 7.65. The average molecular weight is 293 g/mol. The first-order valence-corrected chi connectivity index (χ1v) is 7.11. The molecule has 116 valence electrons. The van der Waals surface area contributed by atoms with Crippen molar-refractivity contribution in [1.82, 2.24) is 4.90 Å². The van der Waals surface area contributed by atoms with Crippen LogP contribution >= 0.6 is 0 Å². The molecule has 0 aromatic heterocycles. The molecule has 1 atom stereocenters. The highest BCUT2D eigenvalue weighted by molar-refractivity contribution is 5.77. The molecule has 1 N–H and O–H groups in total. The monoisotopic (exact) mass is 293 g/mol. The van der Waals surface area contributed by atoms with Crippen LogP contribution in [0, 0.1) is 0 Å². The summed E-state index contributed by atoms with van der Waals surface area (Å²) in [5, 5.41) is 8.71. The summed E-state index contributed by atoms with van der Waals surface area (Å²) < 4.78 is 5.18. The third kappa shape index (κ3) is 5.45. The molecule has 0 aliphatic carbocycles. The Kier molecular flexibility index (Phi) is 6.72. The number of amides is 1. The molecule has 0 saturated carbocycles. The Hall–Kier alpha value is -2.04. The highest BCUT2D eigenvalue weighted by Gasteiger charge is 2.17. The van der Waals surface area contributed by atoms with Crippen LogP contribution in [0.4, 0.5) is 0 Å². The SMILES string of the molecule is CCN(CCC(=O)O)C(=O)CC(C)c1cccc(OC)c1. The van der Waals surface area contributed by atoms with Crippen LogP contribution < -0.4 is 4.74 Å². The van der Waals surface area contributed by atoms with E-state index in [1.165, 1.54) is 0 Å². The Bertz CT molecular complexity index is 487. The molecule has 0 aliphatic rings. The van der Waals surface area contributed by atoms with Crippen LogP contribution in [0.3, 0.4) is 0 Å². The van der Waals surface area contributed by atoms with Gasteiger partial charge in [0.1, 0.15) is 5.75 Å². The van der Waals surface area contributed by atoms with Crippen molar-refractivity contribution < 1.29 is 19.4 Å². The van der Waals surface area contributed by atoms with Gasteiger partial charge in [-0.05, 0) is 30.5 Å². The van der Waals surface area contributed by atoms with Crippen molar-refractivity contribution in [2.75, 3.05) is 20.2 Å². The highest BCUT2D eigenvalue weighted by atomic mass is 16.5. The quantitative estimate of drug-likeness (QED) is 0.799. The predicted molar refractivity (Wildman–Crippen MR) is 80.5 cm³/mol. The number of carbonyl (C=O) groups is 2. The third-order valence-corrected chi connectivity index (χ3v) is 3.47. The van der Waals surface area contributed by atoms with Crippen LogP contribution in [-0.2, 0) is 9.59 Å². The molecule has 0 aliphatic heterocycles. The van der Waals surface area contributed by atoms with Crippen molar-refractivity contribution in [3.8, 4) is 5.75 Å². The number of hydrogen-bond donors (Lipinski definition) is 1. The Morgan fingerprint density at radius 3 is 2.67 bits per heavy atom. The van der Waals surface area contributed by atoms with Gasteiger partial charge in [0.25, 0.3) is 0 Å². The van der Waals surface area contributed by atoms with Crippen LogP contribution in [0.15, 0.2) is 24.3 Å². The number of nitrogens with zero attached hydrogens (tertiary/aromatic N) is 1. The van der Waals surface area contributed by atoms with E-state index in [4.69, 9.17) is 9.84 Å². The van der Waals surface area contributed by atoms with E-state index < -0.39 is 5.97 Å². The van der Waals surface area contributed by atoms with Gasteiger partial charge in [0.15, 0.2) is 0 Å². The molecule has 5 nitrogen and oxygen atoms in total. The Morgan fingerprint density at radius 1 is 1.38 bits per heavy atom. The Balaban J connectivity index is 2.64. The maximum atomic E-state index is 12.2. The minimum Gasteiger partial charge on any atom is -0.497 e. The molecule has 1 aromatic rings. The van der Waals surface area contributed by atoms with Gasteiger partial charge in [-0.15, -0.1) is 0 Å². The molecule has 0 fully saturated rings. The highest BCUT2D eigenvalue weighted by Crippen LogP contribution is 2.23. The van der Waals surface area contributed by atoms with Gasteiger partial charge < -0.3 is 14.7 Å². The summed E-state index contributed by atoms with van der Waals surface area (Å²) >= 11 is 0. The summed E-state index contributed by atoms with van der Waals surface area (Å²) in [7, 11) is 1.61. The number of aliphatic carboxylic acids is 1. The topological polar surface area (TPSA) is 66.8 Å². The number of carboxylic acid groups (broad SMARTS) is 1. The van der Waals surface area contributed by atoms with E-state index in [0.29, 0.717) is 13.0 Å². The maximum Gasteiger partial charge on any atom is 0.305 e. The van der Waals surface area contributed by atoms with E-state index in [1.807, 2.05) is 38.1 Å². The second-order valence-electron chi connectivity index (χ2n) is 5.00. The molecule has 0 radical (unpaired) electrons. The maximum absolute atomic E-state index is 12.2. The van der Waals surface area contributed by atoms with E-state index in [9.17, 15) is 9.59 Å². The van der Waals surface area contributed by atoms with Crippen LogP contribution in [0.25, 0.3) is 0 Å². The van der Waals surface area contributed by atoms with Gasteiger partial charge >= 0.3 is 5.97 Å². The molecule has 5 heteroatoms. The lowest BCUT2D eigenvalue weighted by Crippen LogP contribution is -2.33. The Labute approximate surface area is 125 Å². The largest absolute Gasteiger partial charge is 0.497 e. The van der Waals surface area contributed by atoms with Gasteiger partial charge in [0.2, 0.25) is 5.91 Å². The van der Waals surface area contributed by atoms with Gasteiger partial charge in [0.05, 0.1) is 13.5 Å². The van der Waals surface area contributed by atoms with Crippen molar-refractivity contribution in [2.24, 2.45) is 0 Å².